The second-order valence-corrected chi connectivity index (χ2v) is 8.76. The van der Waals surface area contributed by atoms with E-state index in [9.17, 15) is 0 Å². The first kappa shape index (κ1) is 19.3. The Balaban J connectivity index is 1.54. The summed E-state index contributed by atoms with van der Waals surface area (Å²) in [4.78, 5) is 7.03. The summed E-state index contributed by atoms with van der Waals surface area (Å²) >= 11 is 5.85. The number of nitrogens with one attached hydrogen (secondary N) is 1. The predicted molar refractivity (Wildman–Crippen MR) is 124 cm³/mol. The number of benzene rings is 1. The molecule has 154 valence electrons. The molecule has 2 atom stereocenters. The summed E-state index contributed by atoms with van der Waals surface area (Å²) in [6.07, 6.45) is 10.7. The topological polar surface area (TPSA) is 33.1 Å². The van der Waals surface area contributed by atoms with Crippen molar-refractivity contribution in [2.75, 3.05) is 0 Å². The largest absolute Gasteiger partial charge is 0.352 e. The van der Waals surface area contributed by atoms with Gasteiger partial charge in [0.2, 0.25) is 0 Å². The van der Waals surface area contributed by atoms with Gasteiger partial charge in [0.05, 0.1) is 17.8 Å². The van der Waals surface area contributed by atoms with E-state index in [0.717, 1.165) is 17.4 Å². The number of aromatic nitrogens is 2. The van der Waals surface area contributed by atoms with Gasteiger partial charge in [0.1, 0.15) is 0 Å². The van der Waals surface area contributed by atoms with Gasteiger partial charge in [0.15, 0.2) is 5.11 Å². The first-order valence-electron chi connectivity index (χ1n) is 11.0. The fourth-order valence-corrected chi connectivity index (χ4v) is 5.33. The van der Waals surface area contributed by atoms with Gasteiger partial charge in [0.25, 0.3) is 0 Å². The minimum Gasteiger partial charge on any atom is -0.352 e. The Labute approximate surface area is 183 Å². The maximum atomic E-state index is 5.85. The van der Waals surface area contributed by atoms with Crippen LogP contribution in [0.1, 0.15) is 67.2 Å². The molecule has 30 heavy (non-hydrogen) atoms. The third-order valence-corrected chi connectivity index (χ3v) is 6.83. The van der Waals surface area contributed by atoms with Crippen molar-refractivity contribution in [3.05, 3.63) is 90.0 Å². The lowest BCUT2D eigenvalue weighted by Crippen LogP contribution is -2.30. The summed E-state index contributed by atoms with van der Waals surface area (Å²) in [6.45, 7) is 0.788. The Morgan fingerprint density at radius 2 is 1.73 bits per heavy atom. The molecule has 0 radical (unpaired) electrons. The quantitative estimate of drug-likeness (QED) is 0.552. The van der Waals surface area contributed by atoms with E-state index in [1.807, 2.05) is 12.3 Å². The highest BCUT2D eigenvalue weighted by atomic mass is 32.1. The molecule has 3 heterocycles. The lowest BCUT2D eigenvalue weighted by Gasteiger charge is -2.32. The molecule has 0 spiro atoms. The average molecular weight is 417 g/mol. The zero-order chi connectivity index (χ0) is 20.3. The Kier molecular flexibility index (Phi) is 5.54. The summed E-state index contributed by atoms with van der Waals surface area (Å²) < 4.78 is 2.52. The molecular formula is C25H28N4S. The number of pyridine rings is 1. The Morgan fingerprint density at radius 1 is 0.933 bits per heavy atom. The average Bonchev–Trinajstić information content (AvgIpc) is 3.40. The number of nitrogens with zero attached hydrogens (tertiary/aromatic N) is 3. The van der Waals surface area contributed by atoms with Crippen LogP contribution in [-0.2, 0) is 6.54 Å². The number of hydrogen-bond donors (Lipinski definition) is 1. The van der Waals surface area contributed by atoms with Gasteiger partial charge in [-0.3, -0.25) is 4.98 Å². The van der Waals surface area contributed by atoms with Gasteiger partial charge in [0, 0.05) is 30.7 Å². The summed E-state index contributed by atoms with van der Waals surface area (Å²) in [5, 5.41) is 4.39. The standard InChI is InChI=1S/C25H28N4S/c30-25-27-23(21-14-7-8-16-26-21)24(29(25)18-19-10-3-1-4-11-19)22-15-9-17-28(22)20-12-5-2-6-13-20/h1,3-4,7-11,14-17,20,23-24H,2,5-6,12-13,18H2,(H,27,30). The fourth-order valence-electron chi connectivity index (χ4n) is 5.03. The van der Waals surface area contributed by atoms with Gasteiger partial charge in [-0.05, 0) is 54.9 Å². The molecule has 0 bridgehead atoms. The molecule has 5 rings (SSSR count). The van der Waals surface area contributed by atoms with Crippen LogP contribution >= 0.6 is 12.2 Å². The molecule has 2 aliphatic rings. The highest BCUT2D eigenvalue weighted by Crippen LogP contribution is 2.41. The predicted octanol–water partition coefficient (Wildman–Crippen LogP) is 5.56. The molecular weight excluding hydrogens is 388 g/mol. The van der Waals surface area contributed by atoms with Gasteiger partial charge < -0.3 is 14.8 Å². The van der Waals surface area contributed by atoms with Crippen molar-refractivity contribution < 1.29 is 0 Å². The van der Waals surface area contributed by atoms with Crippen LogP contribution in [0.15, 0.2) is 73.1 Å². The summed E-state index contributed by atoms with van der Waals surface area (Å²) in [7, 11) is 0. The molecule has 1 saturated heterocycles. The van der Waals surface area contributed by atoms with Gasteiger partial charge in [-0.25, -0.2) is 0 Å². The van der Waals surface area contributed by atoms with Gasteiger partial charge in [-0.2, -0.15) is 0 Å². The highest BCUT2D eigenvalue weighted by Gasteiger charge is 2.41. The minimum absolute atomic E-state index is 0.0413. The molecule has 4 nitrogen and oxygen atoms in total. The maximum Gasteiger partial charge on any atom is 0.170 e. The molecule has 0 amide bonds. The van der Waals surface area contributed by atoms with E-state index >= 15 is 0 Å². The molecule has 2 aromatic heterocycles. The van der Waals surface area contributed by atoms with E-state index in [-0.39, 0.29) is 12.1 Å². The monoisotopic (exact) mass is 416 g/mol. The van der Waals surface area contributed by atoms with Gasteiger partial charge in [-0.15, -0.1) is 0 Å². The van der Waals surface area contributed by atoms with Crippen molar-refractivity contribution in [2.24, 2.45) is 0 Å². The molecule has 5 heteroatoms. The molecule has 1 aliphatic heterocycles. The lowest BCUT2D eigenvalue weighted by atomic mass is 9.94. The van der Waals surface area contributed by atoms with Crippen LogP contribution in [-0.4, -0.2) is 19.6 Å². The molecule has 2 fully saturated rings. The third kappa shape index (κ3) is 3.74. The van der Waals surface area contributed by atoms with E-state index in [4.69, 9.17) is 12.2 Å². The summed E-state index contributed by atoms with van der Waals surface area (Å²) in [6, 6.07) is 22.0. The SMILES string of the molecule is S=C1NC(c2ccccn2)C(c2cccn2C2CCCCC2)N1Cc1ccccc1. The van der Waals surface area contributed by atoms with Crippen molar-refractivity contribution in [3.63, 3.8) is 0 Å². The van der Waals surface area contributed by atoms with Crippen LogP contribution in [0.4, 0.5) is 0 Å². The highest BCUT2D eigenvalue weighted by molar-refractivity contribution is 7.80. The maximum absolute atomic E-state index is 5.85. The second kappa shape index (κ2) is 8.60. The van der Waals surface area contributed by atoms with E-state index in [1.54, 1.807) is 0 Å². The van der Waals surface area contributed by atoms with Crippen LogP contribution in [0, 0.1) is 0 Å². The fraction of sp³-hybridized carbons (Fsp3) is 0.360. The Hall–Kier alpha value is -2.66. The van der Waals surface area contributed by atoms with Gasteiger partial charge in [-0.1, -0.05) is 55.7 Å². The van der Waals surface area contributed by atoms with E-state index in [2.05, 4.69) is 80.6 Å². The molecule has 3 aromatic rings. The molecule has 1 saturated carbocycles. The second-order valence-electron chi connectivity index (χ2n) is 8.37. The molecule has 1 aliphatic carbocycles. The zero-order valence-corrected chi connectivity index (χ0v) is 18.0. The number of hydrogen-bond acceptors (Lipinski definition) is 2. The van der Waals surface area contributed by atoms with Crippen molar-refractivity contribution in [2.45, 2.75) is 56.8 Å². The number of rotatable bonds is 5. The molecule has 1 N–H and O–H groups in total. The molecule has 1 aromatic carbocycles. The van der Waals surface area contributed by atoms with Crippen LogP contribution in [0.3, 0.4) is 0 Å². The molecule has 2 unspecified atom stereocenters. The van der Waals surface area contributed by atoms with Crippen molar-refractivity contribution in [1.29, 1.82) is 0 Å². The first-order chi connectivity index (χ1) is 14.8. The van der Waals surface area contributed by atoms with Crippen molar-refractivity contribution in [1.82, 2.24) is 19.8 Å². The van der Waals surface area contributed by atoms with Crippen molar-refractivity contribution in [3.8, 4) is 0 Å². The Bertz CT molecular complexity index is 979. The first-order valence-corrected chi connectivity index (χ1v) is 11.4. The number of thiocarbonyl (C=S) groups is 1. The smallest absolute Gasteiger partial charge is 0.170 e. The summed E-state index contributed by atoms with van der Waals surface area (Å²) in [5.41, 5.74) is 3.64. The van der Waals surface area contributed by atoms with Crippen molar-refractivity contribution >= 4 is 17.3 Å². The van der Waals surface area contributed by atoms with Crippen LogP contribution < -0.4 is 5.32 Å². The van der Waals surface area contributed by atoms with E-state index < -0.39 is 0 Å². The van der Waals surface area contributed by atoms with Gasteiger partial charge >= 0.3 is 0 Å². The normalized spacial score (nSPS) is 22.3. The van der Waals surface area contributed by atoms with Crippen LogP contribution in [0.2, 0.25) is 0 Å². The van der Waals surface area contributed by atoms with E-state index in [0.29, 0.717) is 6.04 Å². The lowest BCUT2D eigenvalue weighted by molar-refractivity contribution is 0.275. The minimum atomic E-state index is 0.0413. The third-order valence-electron chi connectivity index (χ3n) is 6.48. The van der Waals surface area contributed by atoms with E-state index in [1.165, 1.54) is 43.4 Å². The van der Waals surface area contributed by atoms with Crippen LogP contribution in [0.5, 0.6) is 0 Å². The summed E-state index contributed by atoms with van der Waals surface area (Å²) in [5.74, 6) is 0. The Morgan fingerprint density at radius 3 is 2.50 bits per heavy atom. The van der Waals surface area contributed by atoms with Crippen LogP contribution in [0.25, 0.3) is 0 Å². The zero-order valence-electron chi connectivity index (χ0n) is 17.2.